The van der Waals surface area contributed by atoms with E-state index in [1.54, 1.807) is 18.2 Å². The monoisotopic (exact) mass is 242 g/mol. The highest BCUT2D eigenvalue weighted by atomic mass is 35.5. The molecule has 1 nitrogen and oxygen atoms in total. The molecule has 1 saturated carbocycles. The Balaban J connectivity index is 2.32. The van der Waals surface area contributed by atoms with Crippen LogP contribution in [0.1, 0.15) is 36.0 Å². The van der Waals surface area contributed by atoms with E-state index in [0.717, 1.165) is 25.7 Å². The highest BCUT2D eigenvalue weighted by Gasteiger charge is 2.26. The van der Waals surface area contributed by atoms with Crippen molar-refractivity contribution in [1.82, 2.24) is 0 Å². The maximum atomic E-state index is 12.1. The molecular weight excluding hydrogens is 231 g/mol. The topological polar surface area (TPSA) is 17.1 Å². The molecule has 1 aromatic carbocycles. The van der Waals surface area contributed by atoms with Crippen LogP contribution in [-0.4, -0.2) is 5.78 Å². The number of ketones is 1. The van der Waals surface area contributed by atoms with Crippen LogP contribution < -0.4 is 0 Å². The second-order valence-electron chi connectivity index (χ2n) is 3.94. The fourth-order valence-corrected chi connectivity index (χ4v) is 2.71. The zero-order valence-corrected chi connectivity index (χ0v) is 9.81. The summed E-state index contributed by atoms with van der Waals surface area (Å²) in [5.74, 6) is 0.241. The van der Waals surface area contributed by atoms with Gasteiger partial charge in [0.1, 0.15) is 0 Å². The van der Waals surface area contributed by atoms with E-state index in [-0.39, 0.29) is 11.7 Å². The van der Waals surface area contributed by atoms with Gasteiger partial charge in [-0.25, -0.2) is 0 Å². The van der Waals surface area contributed by atoms with Crippen LogP contribution in [0.4, 0.5) is 0 Å². The maximum absolute atomic E-state index is 12.1. The number of hydrogen-bond acceptors (Lipinski definition) is 1. The Morgan fingerprint density at radius 1 is 1.13 bits per heavy atom. The molecule has 0 aromatic heterocycles. The van der Waals surface area contributed by atoms with E-state index < -0.39 is 0 Å². The molecule has 0 aliphatic heterocycles. The second-order valence-corrected chi connectivity index (χ2v) is 4.76. The second kappa shape index (κ2) is 4.54. The summed E-state index contributed by atoms with van der Waals surface area (Å²) in [7, 11) is 0. The molecule has 1 fully saturated rings. The summed E-state index contributed by atoms with van der Waals surface area (Å²) >= 11 is 12.0. The number of benzene rings is 1. The normalized spacial score (nSPS) is 16.9. The summed E-state index contributed by atoms with van der Waals surface area (Å²) in [5.41, 5.74) is 0.507. The van der Waals surface area contributed by atoms with Gasteiger partial charge in [-0.2, -0.15) is 0 Å². The van der Waals surface area contributed by atoms with Gasteiger partial charge < -0.3 is 0 Å². The SMILES string of the molecule is O=C(c1c(Cl)cccc1Cl)C1CCCC1. The van der Waals surface area contributed by atoms with Crippen molar-refractivity contribution in [3.05, 3.63) is 33.8 Å². The number of hydrogen-bond donors (Lipinski definition) is 0. The molecule has 0 heterocycles. The number of halogens is 2. The Kier molecular flexibility index (Phi) is 3.32. The largest absolute Gasteiger partial charge is 0.294 e. The van der Waals surface area contributed by atoms with Gasteiger partial charge in [-0.05, 0) is 25.0 Å². The van der Waals surface area contributed by atoms with Crippen molar-refractivity contribution in [2.45, 2.75) is 25.7 Å². The molecule has 2 rings (SSSR count). The molecular formula is C12H12Cl2O. The Hall–Kier alpha value is -0.530. The van der Waals surface area contributed by atoms with Crippen molar-refractivity contribution in [2.24, 2.45) is 5.92 Å². The quantitative estimate of drug-likeness (QED) is 0.705. The molecule has 0 atom stereocenters. The summed E-state index contributed by atoms with van der Waals surface area (Å²) < 4.78 is 0. The van der Waals surface area contributed by atoms with Gasteiger partial charge in [0.25, 0.3) is 0 Å². The Morgan fingerprint density at radius 3 is 2.20 bits per heavy atom. The molecule has 0 unspecified atom stereocenters. The smallest absolute Gasteiger partial charge is 0.168 e. The Morgan fingerprint density at radius 2 is 1.67 bits per heavy atom. The third-order valence-corrected chi connectivity index (χ3v) is 3.57. The Bertz CT molecular complexity index is 361. The first-order chi connectivity index (χ1) is 7.20. The molecule has 0 saturated heterocycles. The predicted molar refractivity (Wildman–Crippen MR) is 62.8 cm³/mol. The summed E-state index contributed by atoms with van der Waals surface area (Å²) in [6, 6.07) is 5.20. The highest BCUT2D eigenvalue weighted by molar-refractivity contribution is 6.39. The van der Waals surface area contributed by atoms with Crippen LogP contribution in [0, 0.1) is 5.92 Å². The van der Waals surface area contributed by atoms with Crippen LogP contribution in [0.3, 0.4) is 0 Å². The van der Waals surface area contributed by atoms with Crippen LogP contribution in [-0.2, 0) is 0 Å². The minimum Gasteiger partial charge on any atom is -0.294 e. The van der Waals surface area contributed by atoms with E-state index in [2.05, 4.69) is 0 Å². The molecule has 80 valence electrons. The predicted octanol–water partition coefficient (Wildman–Crippen LogP) is 4.37. The van der Waals surface area contributed by atoms with Crippen molar-refractivity contribution in [3.8, 4) is 0 Å². The van der Waals surface area contributed by atoms with E-state index >= 15 is 0 Å². The van der Waals surface area contributed by atoms with Crippen molar-refractivity contribution in [1.29, 1.82) is 0 Å². The molecule has 3 heteroatoms. The average Bonchev–Trinajstić information content (AvgIpc) is 2.69. The highest BCUT2D eigenvalue weighted by Crippen LogP contribution is 2.33. The lowest BCUT2D eigenvalue weighted by Crippen LogP contribution is -2.12. The molecule has 0 amide bonds. The summed E-state index contributed by atoms with van der Waals surface area (Å²) in [5, 5.41) is 0.943. The minimum atomic E-state index is 0.114. The lowest BCUT2D eigenvalue weighted by atomic mass is 9.96. The van der Waals surface area contributed by atoms with E-state index in [0.29, 0.717) is 15.6 Å². The standard InChI is InChI=1S/C12H12Cl2O/c13-9-6-3-7-10(14)11(9)12(15)8-4-1-2-5-8/h3,6-8H,1-2,4-5H2. The number of carbonyl (C=O) groups excluding carboxylic acids is 1. The number of carbonyl (C=O) groups is 1. The first-order valence-corrected chi connectivity index (χ1v) is 5.94. The molecule has 0 N–H and O–H groups in total. The lowest BCUT2D eigenvalue weighted by Gasteiger charge is -2.10. The van der Waals surface area contributed by atoms with Gasteiger partial charge >= 0.3 is 0 Å². The number of Topliss-reactive ketones (excluding diaryl/α,β-unsaturated/α-hetero) is 1. The molecule has 0 bridgehead atoms. The minimum absolute atomic E-state index is 0.114. The fourth-order valence-electron chi connectivity index (χ4n) is 2.13. The van der Waals surface area contributed by atoms with Crippen LogP contribution in [0.5, 0.6) is 0 Å². The maximum Gasteiger partial charge on any atom is 0.168 e. The molecule has 1 aliphatic rings. The van der Waals surface area contributed by atoms with E-state index in [9.17, 15) is 4.79 Å². The summed E-state index contributed by atoms with van der Waals surface area (Å²) in [6.07, 6.45) is 4.22. The van der Waals surface area contributed by atoms with Gasteiger partial charge in [0.2, 0.25) is 0 Å². The van der Waals surface area contributed by atoms with E-state index in [1.165, 1.54) is 0 Å². The van der Waals surface area contributed by atoms with Crippen LogP contribution >= 0.6 is 23.2 Å². The fraction of sp³-hybridized carbons (Fsp3) is 0.417. The van der Waals surface area contributed by atoms with Gasteiger partial charge in [0, 0.05) is 5.92 Å². The first kappa shape index (κ1) is 11.0. The van der Waals surface area contributed by atoms with Crippen LogP contribution in [0.15, 0.2) is 18.2 Å². The zero-order chi connectivity index (χ0) is 10.8. The van der Waals surface area contributed by atoms with E-state index in [1.807, 2.05) is 0 Å². The van der Waals surface area contributed by atoms with Crippen LogP contribution in [0.2, 0.25) is 10.0 Å². The summed E-state index contributed by atoms with van der Waals surface area (Å²) in [4.78, 5) is 12.1. The van der Waals surface area contributed by atoms with E-state index in [4.69, 9.17) is 23.2 Å². The molecule has 15 heavy (non-hydrogen) atoms. The lowest BCUT2D eigenvalue weighted by molar-refractivity contribution is 0.0923. The molecule has 1 aliphatic carbocycles. The first-order valence-electron chi connectivity index (χ1n) is 5.18. The average molecular weight is 243 g/mol. The van der Waals surface area contributed by atoms with Gasteiger partial charge in [-0.1, -0.05) is 42.1 Å². The zero-order valence-electron chi connectivity index (χ0n) is 8.30. The van der Waals surface area contributed by atoms with Crippen molar-refractivity contribution >= 4 is 29.0 Å². The Labute approximate surface area is 99.4 Å². The molecule has 1 aromatic rings. The van der Waals surface area contributed by atoms with Gasteiger partial charge in [-0.3, -0.25) is 4.79 Å². The van der Waals surface area contributed by atoms with Crippen LogP contribution in [0.25, 0.3) is 0 Å². The molecule has 0 spiro atoms. The van der Waals surface area contributed by atoms with Gasteiger partial charge in [-0.15, -0.1) is 0 Å². The van der Waals surface area contributed by atoms with Crippen molar-refractivity contribution in [3.63, 3.8) is 0 Å². The number of rotatable bonds is 2. The van der Waals surface area contributed by atoms with Crippen molar-refractivity contribution in [2.75, 3.05) is 0 Å². The third kappa shape index (κ3) is 2.19. The third-order valence-electron chi connectivity index (χ3n) is 2.94. The summed E-state index contributed by atoms with van der Waals surface area (Å²) in [6.45, 7) is 0. The van der Waals surface area contributed by atoms with Crippen molar-refractivity contribution < 1.29 is 4.79 Å². The van der Waals surface area contributed by atoms with Gasteiger partial charge in [0.05, 0.1) is 15.6 Å². The van der Waals surface area contributed by atoms with Gasteiger partial charge in [0.15, 0.2) is 5.78 Å². The molecule has 0 radical (unpaired) electrons.